The van der Waals surface area contributed by atoms with Crippen LogP contribution < -0.4 is 9.47 Å². The molecule has 0 amide bonds. The Hall–Kier alpha value is -0.960. The maximum Gasteiger partial charge on any atom is 0.164 e. The molecule has 0 unspecified atom stereocenters. The summed E-state index contributed by atoms with van der Waals surface area (Å²) in [4.78, 5) is 0. The third kappa shape index (κ3) is 2.53. The molecule has 0 heterocycles. The summed E-state index contributed by atoms with van der Waals surface area (Å²) in [5.74, 6) is 2.63. The van der Waals surface area contributed by atoms with Crippen molar-refractivity contribution in [2.24, 2.45) is 5.92 Å². The Bertz CT molecular complexity index is 518. The lowest BCUT2D eigenvalue weighted by atomic mass is 9.83. The van der Waals surface area contributed by atoms with E-state index in [1.807, 2.05) is 0 Å². The first-order valence-electron chi connectivity index (χ1n) is 6.64. The van der Waals surface area contributed by atoms with Gasteiger partial charge >= 0.3 is 0 Å². The molecule has 1 aromatic rings. The highest BCUT2D eigenvalue weighted by atomic mass is 79.9. The number of ether oxygens (including phenoxy) is 2. The summed E-state index contributed by atoms with van der Waals surface area (Å²) < 4.78 is 12.3. The van der Waals surface area contributed by atoms with E-state index in [2.05, 4.69) is 48.8 Å². The van der Waals surface area contributed by atoms with E-state index in [0.717, 1.165) is 17.9 Å². The van der Waals surface area contributed by atoms with Crippen LogP contribution in [-0.4, -0.2) is 14.2 Å². The summed E-state index contributed by atoms with van der Waals surface area (Å²) in [6.07, 6.45) is 3.25. The predicted octanol–water partition coefficient (Wildman–Crippen LogP) is 4.76. The molecule has 2 nitrogen and oxygen atoms in total. The molecule has 0 aliphatic heterocycles. The first-order valence-corrected chi connectivity index (χ1v) is 7.43. The normalized spacial score (nSPS) is 18.1. The van der Waals surface area contributed by atoms with Crippen molar-refractivity contribution in [3.05, 3.63) is 27.2 Å². The third-order valence-corrected chi connectivity index (χ3v) is 4.71. The maximum atomic E-state index is 5.60. The lowest BCUT2D eigenvalue weighted by Crippen LogP contribution is -2.12. The predicted molar refractivity (Wildman–Crippen MR) is 83.4 cm³/mol. The van der Waals surface area contributed by atoms with Crippen LogP contribution in [0.5, 0.6) is 11.5 Å². The van der Waals surface area contributed by atoms with Crippen LogP contribution in [0.15, 0.2) is 10.5 Å². The number of benzene rings is 1. The molecule has 0 spiro atoms. The van der Waals surface area contributed by atoms with Crippen LogP contribution in [0, 0.1) is 5.92 Å². The fourth-order valence-corrected chi connectivity index (χ4v) is 3.15. The van der Waals surface area contributed by atoms with Crippen LogP contribution in [0.3, 0.4) is 0 Å². The third-order valence-electron chi connectivity index (χ3n) is 3.70. The summed E-state index contributed by atoms with van der Waals surface area (Å²) in [5, 5.41) is 0. The second-order valence-corrected chi connectivity index (χ2v) is 6.30. The summed E-state index contributed by atoms with van der Waals surface area (Å²) >= 11 is 3.66. The molecule has 1 aromatic carbocycles. The van der Waals surface area contributed by atoms with Crippen molar-refractivity contribution in [3.8, 4) is 11.5 Å². The van der Waals surface area contributed by atoms with E-state index in [0.29, 0.717) is 11.8 Å². The monoisotopic (exact) mass is 324 g/mol. The van der Waals surface area contributed by atoms with Crippen molar-refractivity contribution in [2.75, 3.05) is 14.2 Å². The number of methoxy groups -OCH3 is 2. The minimum absolute atomic E-state index is 0.413. The van der Waals surface area contributed by atoms with Gasteiger partial charge in [0.25, 0.3) is 0 Å². The Morgan fingerprint density at radius 1 is 1.26 bits per heavy atom. The molecule has 1 atom stereocenters. The Morgan fingerprint density at radius 2 is 1.95 bits per heavy atom. The number of fused-ring (bicyclic) bond motifs is 1. The molecule has 1 aliphatic rings. The highest BCUT2D eigenvalue weighted by Gasteiger charge is 2.25. The molecule has 0 N–H and O–H groups in total. The Balaban J connectivity index is 2.72. The quantitative estimate of drug-likeness (QED) is 0.798. The molecule has 0 radical (unpaired) electrons. The van der Waals surface area contributed by atoms with Gasteiger partial charge in [-0.05, 0) is 46.0 Å². The van der Waals surface area contributed by atoms with Gasteiger partial charge in [0.15, 0.2) is 11.5 Å². The second kappa shape index (κ2) is 5.58. The largest absolute Gasteiger partial charge is 0.493 e. The van der Waals surface area contributed by atoms with Gasteiger partial charge in [-0.15, -0.1) is 0 Å². The van der Waals surface area contributed by atoms with Gasteiger partial charge in [-0.25, -0.2) is 0 Å². The van der Waals surface area contributed by atoms with Gasteiger partial charge in [-0.1, -0.05) is 36.7 Å². The van der Waals surface area contributed by atoms with Gasteiger partial charge in [0, 0.05) is 5.56 Å². The molecular formula is C16H21BrO2. The molecule has 0 fully saturated rings. The lowest BCUT2D eigenvalue weighted by Gasteiger charge is -2.27. The van der Waals surface area contributed by atoms with E-state index in [4.69, 9.17) is 9.47 Å². The molecule has 1 aliphatic carbocycles. The van der Waals surface area contributed by atoms with E-state index in [-0.39, 0.29) is 0 Å². The zero-order valence-corrected chi connectivity index (χ0v) is 13.8. The Labute approximate surface area is 123 Å². The van der Waals surface area contributed by atoms with Crippen LogP contribution in [-0.2, 0) is 6.42 Å². The van der Waals surface area contributed by atoms with Crippen molar-refractivity contribution in [3.63, 3.8) is 0 Å². The lowest BCUT2D eigenvalue weighted by molar-refractivity contribution is 0.349. The topological polar surface area (TPSA) is 18.5 Å². The molecule has 0 bridgehead atoms. The van der Waals surface area contributed by atoms with E-state index >= 15 is 0 Å². The minimum atomic E-state index is 0.413. The van der Waals surface area contributed by atoms with E-state index in [1.165, 1.54) is 21.2 Å². The minimum Gasteiger partial charge on any atom is -0.493 e. The zero-order valence-electron chi connectivity index (χ0n) is 12.2. The number of halogens is 1. The average Bonchev–Trinajstić information content (AvgIpc) is 2.37. The highest BCUT2D eigenvalue weighted by molar-refractivity contribution is 9.11. The van der Waals surface area contributed by atoms with Gasteiger partial charge in [0.1, 0.15) is 0 Å². The van der Waals surface area contributed by atoms with Gasteiger partial charge in [-0.3, -0.25) is 0 Å². The molecule has 104 valence electrons. The van der Waals surface area contributed by atoms with Crippen molar-refractivity contribution in [2.45, 2.75) is 33.1 Å². The van der Waals surface area contributed by atoms with E-state index < -0.39 is 0 Å². The zero-order chi connectivity index (χ0) is 14.2. The van der Waals surface area contributed by atoms with Gasteiger partial charge in [-0.2, -0.15) is 0 Å². The summed E-state index contributed by atoms with van der Waals surface area (Å²) in [5.41, 5.74) is 3.91. The van der Waals surface area contributed by atoms with Crippen LogP contribution in [0.1, 0.15) is 43.4 Å². The van der Waals surface area contributed by atoms with Crippen LogP contribution in [0.4, 0.5) is 0 Å². The van der Waals surface area contributed by atoms with Crippen LogP contribution in [0.25, 0.3) is 6.08 Å². The number of rotatable bonds is 3. The molecule has 19 heavy (non-hydrogen) atoms. The Morgan fingerprint density at radius 3 is 2.47 bits per heavy atom. The fraction of sp³-hybridized carbons (Fsp3) is 0.500. The number of allylic oxidation sites excluding steroid dienone is 1. The molecule has 2 rings (SSSR count). The van der Waals surface area contributed by atoms with Crippen molar-refractivity contribution >= 4 is 22.0 Å². The summed E-state index contributed by atoms with van der Waals surface area (Å²) in [6.45, 7) is 6.65. The van der Waals surface area contributed by atoms with Gasteiger partial charge in [0.05, 0.1) is 14.2 Å². The molecule has 0 saturated heterocycles. The number of hydrogen-bond acceptors (Lipinski definition) is 2. The van der Waals surface area contributed by atoms with Gasteiger partial charge < -0.3 is 9.47 Å². The first kappa shape index (κ1) is 14.4. The van der Waals surface area contributed by atoms with Crippen molar-refractivity contribution in [1.29, 1.82) is 0 Å². The summed E-state index contributed by atoms with van der Waals surface area (Å²) in [7, 11) is 3.41. The standard InChI is InChI=1S/C16H21BrO2/c1-9(2)15-12-6-10(3)13(17)7-11(12)8-14(18-4)16(15)19-5/h7-10H,6H2,1-5H3/t10-/m1/s1. The Kier molecular flexibility index (Phi) is 4.24. The summed E-state index contributed by atoms with van der Waals surface area (Å²) in [6, 6.07) is 2.08. The average molecular weight is 325 g/mol. The molecule has 3 heteroatoms. The van der Waals surface area contributed by atoms with Gasteiger partial charge in [0.2, 0.25) is 0 Å². The highest BCUT2D eigenvalue weighted by Crippen LogP contribution is 2.44. The van der Waals surface area contributed by atoms with Crippen LogP contribution >= 0.6 is 15.9 Å². The van der Waals surface area contributed by atoms with Crippen LogP contribution in [0.2, 0.25) is 0 Å². The van der Waals surface area contributed by atoms with E-state index in [9.17, 15) is 0 Å². The van der Waals surface area contributed by atoms with Crippen molar-refractivity contribution in [1.82, 2.24) is 0 Å². The van der Waals surface area contributed by atoms with E-state index in [1.54, 1.807) is 14.2 Å². The van der Waals surface area contributed by atoms with Crippen molar-refractivity contribution < 1.29 is 9.47 Å². The smallest absolute Gasteiger partial charge is 0.164 e. The molecular weight excluding hydrogens is 304 g/mol. The maximum absolute atomic E-state index is 5.60. The molecule has 0 saturated carbocycles. The fourth-order valence-electron chi connectivity index (χ4n) is 2.74. The number of hydrogen-bond donors (Lipinski definition) is 0. The SMILES string of the molecule is COc1cc2c(c(C(C)C)c1OC)C[C@@H](C)C(Br)=C2. The molecule has 0 aromatic heterocycles. The second-order valence-electron chi connectivity index (χ2n) is 5.38. The first-order chi connectivity index (χ1) is 8.99.